The Balaban J connectivity index is -0.000000199. The van der Waals surface area contributed by atoms with Gasteiger partial charge in [0.2, 0.25) is 27.2 Å². The zero-order valence-corrected chi connectivity index (χ0v) is 51.2. The standard InChI is InChI=1S/C15H14O5P2.C15H14O4P2S.C5H12.C5H10.C4H10.C3H8.8Ar/c16-13(11-9(21)3-1-7-14(11)19-5-17-7)12-10(22)4-2-8-15(12)20-6-18-8;20-9-3-1-7-13(18-5-16-7)11(9)15(22)12-10(21)4-2-8-14(12)19-6-17-8;2*1-3-5-4-2;1-3-4-2;1-3-2;;;;;;;;/h1-4,13,16H,5-6,21-22H2;1-4,15,22H,5-6,20-21H2;3-5H2,1-2H3;3,5H,4H2,1-2H3;3-4H2,1-2H3;3H2,1-2H3;;;;;;;;/b;;;5-3+;;;;;;;;;;. The number of unbranched alkanes of at least 4 members (excludes halogenated alkanes) is 3. The summed E-state index contributed by atoms with van der Waals surface area (Å²) < 4.78 is 44.1. The van der Waals surface area contributed by atoms with Crippen molar-refractivity contribution < 1.29 is 345 Å². The van der Waals surface area contributed by atoms with Gasteiger partial charge in [-0.3, -0.25) is 0 Å². The number of aliphatic hydroxyl groups excluding tert-OH is 1. The van der Waals surface area contributed by atoms with Gasteiger partial charge in [0, 0.05) is 324 Å². The molecule has 69 heavy (non-hydrogen) atoms. The molecule has 0 fully saturated rings. The maximum absolute atomic E-state index is 11.0. The first kappa shape index (κ1) is 87.4. The molecule has 4 aliphatic heterocycles. The van der Waals surface area contributed by atoms with Crippen LogP contribution in [-0.2, 0) is 0 Å². The molecule has 0 saturated heterocycles. The topological polar surface area (TPSA) is 94.1 Å². The molecule has 0 amide bonds. The van der Waals surface area contributed by atoms with Gasteiger partial charge in [0.25, 0.3) is 0 Å². The molecule has 4 unspecified atom stereocenters. The third kappa shape index (κ3) is 27.8. The Morgan fingerprint density at radius 1 is 0.464 bits per heavy atom. The number of thiol groups is 1. The van der Waals surface area contributed by atoms with Gasteiger partial charge in [-0.25, -0.2) is 0 Å². The van der Waals surface area contributed by atoms with E-state index in [0.29, 0.717) is 34.1 Å². The van der Waals surface area contributed by atoms with E-state index in [1.54, 1.807) is 0 Å². The third-order valence-corrected chi connectivity index (χ3v) is 11.7. The average molecular weight is 1250 g/mol. The Morgan fingerprint density at radius 3 is 0.928 bits per heavy atom. The van der Waals surface area contributed by atoms with Crippen molar-refractivity contribution in [3.63, 3.8) is 0 Å². The van der Waals surface area contributed by atoms with E-state index in [4.69, 9.17) is 50.5 Å². The van der Waals surface area contributed by atoms with Gasteiger partial charge < -0.3 is 43.0 Å². The largest absolute Gasteiger partial charge is 0.454 e. The number of hydrogen-bond donors (Lipinski definition) is 2. The molecular weight excluding hydrogens is 1180 g/mol. The van der Waals surface area contributed by atoms with E-state index in [9.17, 15) is 5.11 Å². The van der Waals surface area contributed by atoms with Crippen molar-refractivity contribution in [3.8, 4) is 46.0 Å². The summed E-state index contributed by atoms with van der Waals surface area (Å²) in [6.07, 6.45) is 12.4. The minimum absolute atomic E-state index is 0. The number of rotatable bonds is 8. The fraction of sp³-hybridized carbons (Fsp3) is 0.447. The van der Waals surface area contributed by atoms with Crippen LogP contribution in [0.5, 0.6) is 46.0 Å². The van der Waals surface area contributed by atoms with Crippen LogP contribution >= 0.6 is 49.6 Å². The molecule has 0 radical (unpaired) electrons. The van der Waals surface area contributed by atoms with E-state index in [1.807, 2.05) is 55.5 Å². The van der Waals surface area contributed by atoms with Crippen molar-refractivity contribution in [2.75, 3.05) is 27.2 Å². The van der Waals surface area contributed by atoms with Crippen molar-refractivity contribution in [2.45, 2.75) is 112 Å². The summed E-state index contributed by atoms with van der Waals surface area (Å²) in [6.45, 7) is 18.0. The molecule has 4 aliphatic rings. The molecule has 0 spiro atoms. The van der Waals surface area contributed by atoms with Crippen LogP contribution in [0.2, 0.25) is 0 Å². The molecule has 4 aromatic rings. The molecule has 1 N–H and O–H groups in total. The predicted molar refractivity (Wildman–Crippen MR) is 269 cm³/mol. The Hall–Kier alpha value is 7.13. The van der Waals surface area contributed by atoms with Gasteiger partial charge in [0.1, 0.15) is 6.10 Å². The number of allylic oxidation sites excluding steroid dienone is 2. The summed E-state index contributed by atoms with van der Waals surface area (Å²) in [5.41, 5.74) is 3.26. The second-order valence-electron chi connectivity index (χ2n) is 14.1. The van der Waals surface area contributed by atoms with Crippen molar-refractivity contribution >= 4 is 70.8 Å². The summed E-state index contributed by atoms with van der Waals surface area (Å²) in [7, 11) is 10.7. The number of hydrogen-bond acceptors (Lipinski definition) is 10. The molecule has 400 valence electrons. The van der Waals surface area contributed by atoms with Gasteiger partial charge in [-0.05, 0) is 58.8 Å². The van der Waals surface area contributed by atoms with Crippen LogP contribution in [0.25, 0.3) is 0 Å². The maximum Gasteiger partial charge on any atom is 0.231 e. The zero-order valence-electron chi connectivity index (χ0n) is 40.0. The molecule has 4 aromatic carbocycles. The Morgan fingerprint density at radius 2 is 0.725 bits per heavy atom. The molecule has 4 heterocycles. The third-order valence-electron chi connectivity index (χ3n) is 9.22. The van der Waals surface area contributed by atoms with Crippen LogP contribution in [0.1, 0.15) is 134 Å². The average Bonchev–Trinajstić information content (AvgIpc) is 4.10. The summed E-state index contributed by atoms with van der Waals surface area (Å²) in [4.78, 5) is 0. The Bertz CT molecular complexity index is 1770. The molecule has 0 saturated carbocycles. The van der Waals surface area contributed by atoms with Crippen LogP contribution in [-0.4, -0.2) is 32.3 Å². The molecule has 0 bridgehead atoms. The molecule has 22 heteroatoms. The van der Waals surface area contributed by atoms with Crippen molar-refractivity contribution in [1.29, 1.82) is 0 Å². The summed E-state index contributed by atoms with van der Waals surface area (Å²) >= 11 is 4.85. The molecule has 0 aromatic heterocycles. The van der Waals surface area contributed by atoms with Crippen LogP contribution < -0.4 is 59.1 Å². The molecule has 9 nitrogen and oxygen atoms in total. The normalized spacial score (nSPS) is 11.4. The fourth-order valence-corrected chi connectivity index (χ4v) is 8.41. The van der Waals surface area contributed by atoms with E-state index in [-0.39, 0.29) is 334 Å². The second-order valence-corrected chi connectivity index (χ2v) is 17.1. The monoisotopic (exact) mass is 1250 g/mol. The van der Waals surface area contributed by atoms with Gasteiger partial charge in [-0.2, -0.15) is 12.6 Å². The van der Waals surface area contributed by atoms with E-state index in [1.165, 1.54) is 38.5 Å². The SMILES string of the molecule is C/C=C/CC.CCC.CCCC.CCCCC.OC(c1c(P)ccc2c1OCO2)c1c(P)ccc2c1OCO2.Pc1ccc2c(c1C(S)c1c(P)ccc3c1OCO3)OCO2.[Ar].[Ar].[Ar].[Ar].[Ar].[Ar].[Ar].[Ar]. The van der Waals surface area contributed by atoms with Gasteiger partial charge in [0.15, 0.2) is 46.0 Å². The van der Waals surface area contributed by atoms with Gasteiger partial charge in [0.05, 0.1) is 5.25 Å². The van der Waals surface area contributed by atoms with Gasteiger partial charge in [-0.15, -0.1) is 37.0 Å². The van der Waals surface area contributed by atoms with Crippen molar-refractivity contribution in [1.82, 2.24) is 0 Å². The Labute approximate surface area is 668 Å². The van der Waals surface area contributed by atoms with Crippen LogP contribution in [0.4, 0.5) is 0 Å². The van der Waals surface area contributed by atoms with E-state index in [0.717, 1.165) is 61.8 Å². The smallest absolute Gasteiger partial charge is 0.231 e. The minimum Gasteiger partial charge on any atom is -0.454 e. The van der Waals surface area contributed by atoms with Crippen LogP contribution in [0, 0.1) is 302 Å². The quantitative estimate of drug-likeness (QED) is 0.102. The van der Waals surface area contributed by atoms with Gasteiger partial charge in [-0.1, -0.05) is 123 Å². The van der Waals surface area contributed by atoms with Crippen LogP contribution in [0.15, 0.2) is 60.7 Å². The first-order chi connectivity index (χ1) is 29.5. The second kappa shape index (κ2) is 50.8. The summed E-state index contributed by atoms with van der Waals surface area (Å²) in [6, 6.07) is 15.2. The zero-order chi connectivity index (χ0) is 44.9. The predicted octanol–water partition coefficient (Wildman–Crippen LogP) is 10.8. The number of benzene rings is 4. The summed E-state index contributed by atoms with van der Waals surface area (Å²) in [5, 5.41) is 14.5. The fourth-order valence-electron chi connectivity index (χ4n) is 6.04. The van der Waals surface area contributed by atoms with Crippen molar-refractivity contribution in [3.05, 3.63) is 82.9 Å². The van der Waals surface area contributed by atoms with E-state index < -0.39 is 6.10 Å². The first-order valence-electron chi connectivity index (χ1n) is 21.2. The van der Waals surface area contributed by atoms with E-state index in [2.05, 4.69) is 97.6 Å². The minimum atomic E-state index is -0.909. The maximum atomic E-state index is 11.0. The van der Waals surface area contributed by atoms with Crippen LogP contribution in [0.3, 0.4) is 0 Å². The van der Waals surface area contributed by atoms with Crippen molar-refractivity contribution in [2.24, 2.45) is 0 Å². The summed E-state index contributed by atoms with van der Waals surface area (Å²) in [5.74, 6) is 5.39. The van der Waals surface area contributed by atoms with Gasteiger partial charge >= 0.3 is 0 Å². The number of aliphatic hydroxyl groups is 1. The molecule has 4 atom stereocenters. The molecular formula is C47H68Ar8O9P4S. The Kier molecular flexibility index (Phi) is 64.4. The first-order valence-corrected chi connectivity index (χ1v) is 24.0. The number of fused-ring (bicyclic) bond motifs is 4. The molecule has 8 rings (SSSR count). The number of ether oxygens (including phenoxy) is 8. The van der Waals surface area contributed by atoms with E-state index >= 15 is 0 Å². The molecule has 0 aliphatic carbocycles.